The van der Waals surface area contributed by atoms with Crippen LogP contribution in [0.1, 0.15) is 5.56 Å². The number of hydrogen-bond donors (Lipinski definition) is 3. The third kappa shape index (κ3) is 10.9. The summed E-state index contributed by atoms with van der Waals surface area (Å²) >= 11 is 2.12. The van der Waals surface area contributed by atoms with Crippen LogP contribution in [-0.2, 0) is 14.0 Å². The first kappa shape index (κ1) is 29.8. The molecule has 3 aromatic rings. The van der Waals surface area contributed by atoms with Crippen molar-refractivity contribution in [3.8, 4) is 0 Å². The zero-order valence-electron chi connectivity index (χ0n) is 21.3. The summed E-state index contributed by atoms with van der Waals surface area (Å²) in [6.07, 6.45) is 4.69. The van der Waals surface area contributed by atoms with Crippen LogP contribution in [0.5, 0.6) is 0 Å². The van der Waals surface area contributed by atoms with E-state index in [9.17, 15) is 9.18 Å². The second-order valence-corrected chi connectivity index (χ2v) is 9.04. The van der Waals surface area contributed by atoms with Gasteiger partial charge in [0.15, 0.2) is 0 Å². The number of likely N-dealkylation sites (N-methyl/N-ethyl adjacent to an activating group) is 1. The number of nitrogens with one attached hydrogen (secondary N) is 3. The highest BCUT2D eigenvalue weighted by molar-refractivity contribution is 14.1. The minimum atomic E-state index is -0.246. The zero-order chi connectivity index (χ0) is 27.9. The molecule has 2 aromatic carbocycles. The van der Waals surface area contributed by atoms with Crippen molar-refractivity contribution >= 4 is 57.2 Å². The summed E-state index contributed by atoms with van der Waals surface area (Å²) in [5, 5.41) is 12.6. The summed E-state index contributed by atoms with van der Waals surface area (Å²) in [5.74, 6) is 0.621. The largest absolute Gasteiger partial charge is 0.380 e. The van der Waals surface area contributed by atoms with Gasteiger partial charge in [-0.05, 0) is 54.5 Å². The number of azide groups is 1. The van der Waals surface area contributed by atoms with E-state index in [1.807, 2.05) is 24.1 Å². The van der Waals surface area contributed by atoms with Gasteiger partial charge in [0.2, 0.25) is 5.91 Å². The van der Waals surface area contributed by atoms with Crippen LogP contribution >= 0.6 is 22.6 Å². The Kier molecular flexibility index (Phi) is 12.4. The predicted molar refractivity (Wildman–Crippen MR) is 159 cm³/mol. The summed E-state index contributed by atoms with van der Waals surface area (Å²) in [6, 6.07) is 13.8. The lowest BCUT2D eigenvalue weighted by atomic mass is 10.2. The molecule has 0 spiro atoms. The number of ether oxygens (including phenoxy) is 1. The fourth-order valence-electron chi connectivity index (χ4n) is 3.31. The first-order valence-electron chi connectivity index (χ1n) is 12.0. The molecule has 1 aromatic heterocycles. The van der Waals surface area contributed by atoms with Crippen LogP contribution in [0.15, 0.2) is 72.1 Å². The number of rotatable bonds is 15. The Morgan fingerprint density at radius 3 is 2.62 bits per heavy atom. The number of carbonyl (C=O) groups is 1. The molecule has 204 valence electrons. The van der Waals surface area contributed by atoms with Gasteiger partial charge in [-0.15, -0.1) is 0 Å². The van der Waals surface area contributed by atoms with Crippen molar-refractivity contribution < 1.29 is 13.9 Å². The number of benzene rings is 2. The first-order valence-corrected chi connectivity index (χ1v) is 13.5. The summed E-state index contributed by atoms with van der Waals surface area (Å²) < 4.78 is 19.7. The molecule has 0 aliphatic carbocycles. The fraction of sp³-hybridized carbons (Fsp3) is 0.269. The van der Waals surface area contributed by atoms with Gasteiger partial charge in [0.1, 0.15) is 23.8 Å². The standard InChI is InChI=1S/C26H29FIN9O2/c1-37(11-13-39-12-9-32-36-29)10-3-6-26(38)35-21-5-2-4-20(15-21)33-24-16-25(31-18-30-24)34-22-7-8-23(27)19(14-22)17-28/h2-8,14-16,18H,9-13,17H2,1H3,(H,35,38)(H2,30,31,33,34)/b6-3+. The van der Waals surface area contributed by atoms with E-state index in [1.54, 1.807) is 36.4 Å². The molecule has 0 aliphatic heterocycles. The van der Waals surface area contributed by atoms with E-state index < -0.39 is 0 Å². The van der Waals surface area contributed by atoms with Crippen molar-refractivity contribution in [2.45, 2.75) is 4.43 Å². The Morgan fingerprint density at radius 1 is 1.13 bits per heavy atom. The topological polar surface area (TPSA) is 140 Å². The van der Waals surface area contributed by atoms with Crippen molar-refractivity contribution in [1.29, 1.82) is 0 Å². The maximum absolute atomic E-state index is 13.8. The number of halogens is 2. The van der Waals surface area contributed by atoms with Gasteiger partial charge in [-0.25, -0.2) is 14.4 Å². The van der Waals surface area contributed by atoms with Crippen molar-refractivity contribution in [2.75, 3.05) is 55.8 Å². The zero-order valence-corrected chi connectivity index (χ0v) is 23.5. The lowest BCUT2D eigenvalue weighted by Gasteiger charge is -2.14. The van der Waals surface area contributed by atoms with E-state index in [-0.39, 0.29) is 11.7 Å². The van der Waals surface area contributed by atoms with E-state index in [0.717, 1.165) is 11.4 Å². The number of alkyl halides is 1. The molecule has 0 radical (unpaired) electrons. The Labute approximate surface area is 239 Å². The van der Waals surface area contributed by atoms with E-state index in [0.29, 0.717) is 60.2 Å². The van der Waals surface area contributed by atoms with Crippen LogP contribution in [-0.4, -0.2) is 60.7 Å². The highest BCUT2D eigenvalue weighted by Gasteiger charge is 2.06. The Bertz CT molecular complexity index is 1320. The molecule has 1 heterocycles. The van der Waals surface area contributed by atoms with Crippen molar-refractivity contribution in [3.05, 3.63) is 88.8 Å². The van der Waals surface area contributed by atoms with Gasteiger partial charge in [0, 0.05) is 58.2 Å². The molecule has 0 fully saturated rings. The van der Waals surface area contributed by atoms with Crippen molar-refractivity contribution in [1.82, 2.24) is 14.9 Å². The Morgan fingerprint density at radius 2 is 1.87 bits per heavy atom. The monoisotopic (exact) mass is 645 g/mol. The number of hydrogen-bond acceptors (Lipinski definition) is 8. The molecular formula is C26H29FIN9O2. The summed E-state index contributed by atoms with van der Waals surface area (Å²) in [5.41, 5.74) is 10.9. The molecule has 0 saturated carbocycles. The van der Waals surface area contributed by atoms with E-state index in [4.69, 9.17) is 10.3 Å². The molecule has 3 N–H and O–H groups in total. The highest BCUT2D eigenvalue weighted by Crippen LogP contribution is 2.23. The minimum absolute atomic E-state index is 0.239. The van der Waals surface area contributed by atoms with E-state index >= 15 is 0 Å². The van der Waals surface area contributed by atoms with Gasteiger partial charge in [0.05, 0.1) is 13.2 Å². The quantitative estimate of drug-likeness (QED) is 0.0362. The minimum Gasteiger partial charge on any atom is -0.380 e. The summed E-state index contributed by atoms with van der Waals surface area (Å²) in [6.45, 7) is 2.46. The average Bonchev–Trinajstić information content (AvgIpc) is 2.92. The van der Waals surface area contributed by atoms with Gasteiger partial charge in [0.25, 0.3) is 0 Å². The van der Waals surface area contributed by atoms with Crippen LogP contribution in [0.3, 0.4) is 0 Å². The number of nitrogens with zero attached hydrogens (tertiary/aromatic N) is 6. The van der Waals surface area contributed by atoms with Gasteiger partial charge in [-0.3, -0.25) is 4.79 Å². The molecule has 0 saturated heterocycles. The van der Waals surface area contributed by atoms with Gasteiger partial charge < -0.3 is 25.6 Å². The molecule has 0 atom stereocenters. The molecule has 11 nitrogen and oxygen atoms in total. The normalized spacial score (nSPS) is 10.9. The molecule has 13 heteroatoms. The van der Waals surface area contributed by atoms with Crippen molar-refractivity contribution in [3.63, 3.8) is 0 Å². The molecule has 0 aliphatic rings. The third-order valence-electron chi connectivity index (χ3n) is 5.23. The number of aromatic nitrogens is 2. The van der Waals surface area contributed by atoms with E-state index in [1.165, 1.54) is 18.5 Å². The number of anilines is 5. The first-order chi connectivity index (χ1) is 19.0. The maximum atomic E-state index is 13.8. The fourth-order valence-corrected chi connectivity index (χ4v) is 3.89. The van der Waals surface area contributed by atoms with Crippen LogP contribution in [0.4, 0.5) is 33.1 Å². The second-order valence-electron chi connectivity index (χ2n) is 8.28. The van der Waals surface area contributed by atoms with E-state index in [2.05, 4.69) is 58.5 Å². The second kappa shape index (κ2) is 16.2. The number of amides is 1. The third-order valence-corrected chi connectivity index (χ3v) is 6.06. The van der Waals surface area contributed by atoms with Crippen LogP contribution in [0.2, 0.25) is 0 Å². The molecule has 0 unspecified atom stereocenters. The maximum Gasteiger partial charge on any atom is 0.248 e. The Hall–Kier alpha value is -3.78. The number of carbonyl (C=O) groups excluding carboxylic acids is 1. The molecule has 1 amide bonds. The summed E-state index contributed by atoms with van der Waals surface area (Å²) in [7, 11) is 1.92. The molecule has 3 rings (SSSR count). The molecule has 39 heavy (non-hydrogen) atoms. The lowest BCUT2D eigenvalue weighted by Crippen LogP contribution is -2.24. The van der Waals surface area contributed by atoms with Gasteiger partial charge in [-0.1, -0.05) is 39.8 Å². The molecule has 0 bridgehead atoms. The predicted octanol–water partition coefficient (Wildman–Crippen LogP) is 5.79. The molecular weight excluding hydrogens is 616 g/mol. The van der Waals surface area contributed by atoms with Crippen LogP contribution < -0.4 is 16.0 Å². The van der Waals surface area contributed by atoms with Gasteiger partial charge in [-0.2, -0.15) is 0 Å². The van der Waals surface area contributed by atoms with Gasteiger partial charge >= 0.3 is 0 Å². The summed E-state index contributed by atoms with van der Waals surface area (Å²) in [4.78, 5) is 25.5. The van der Waals surface area contributed by atoms with Crippen LogP contribution in [0, 0.1) is 5.82 Å². The highest BCUT2D eigenvalue weighted by atomic mass is 127. The lowest BCUT2D eigenvalue weighted by molar-refractivity contribution is -0.111. The van der Waals surface area contributed by atoms with Crippen molar-refractivity contribution in [2.24, 2.45) is 5.11 Å². The Balaban J connectivity index is 1.49. The SMILES string of the molecule is CN(C/C=C/C(=O)Nc1cccc(Nc2cc(Nc3ccc(F)c(CI)c3)ncn2)c1)CCOCCN=[N+]=[N-]. The average molecular weight is 645 g/mol. The smallest absolute Gasteiger partial charge is 0.248 e. The van der Waals surface area contributed by atoms with Crippen LogP contribution in [0.25, 0.3) is 10.4 Å².